The molecule has 4 saturated heterocycles. The van der Waals surface area contributed by atoms with Crippen LogP contribution in [0, 0.1) is 0 Å². The van der Waals surface area contributed by atoms with Crippen LogP contribution in [0.2, 0.25) is 20.1 Å². The number of pyridine rings is 4. The van der Waals surface area contributed by atoms with Crippen LogP contribution in [0.3, 0.4) is 0 Å². The van der Waals surface area contributed by atoms with Crippen molar-refractivity contribution >= 4 is 103 Å². The lowest BCUT2D eigenvalue weighted by atomic mass is 9.71. The molecule has 12 heterocycles. The molecule has 2 saturated carbocycles. The molecule has 0 atom stereocenters. The van der Waals surface area contributed by atoms with Crippen molar-refractivity contribution in [3.05, 3.63) is 228 Å². The molecule has 668 valence electrons. The molecule has 0 bridgehead atoms. The Morgan fingerprint density at radius 2 is 0.772 bits per heavy atom. The van der Waals surface area contributed by atoms with Crippen LogP contribution in [0.4, 0.5) is 0 Å². The van der Waals surface area contributed by atoms with E-state index in [9.17, 15) is 25.2 Å². The minimum atomic E-state index is -0.414. The minimum Gasteiger partial charge on any atom is -0.495 e. The predicted molar refractivity (Wildman–Crippen MR) is 491 cm³/mol. The van der Waals surface area contributed by atoms with Crippen molar-refractivity contribution in [3.63, 3.8) is 0 Å². The summed E-state index contributed by atoms with van der Waals surface area (Å²) in [5.74, 6) is 2.29. The molecule has 4 N–H and O–H groups in total. The van der Waals surface area contributed by atoms with Gasteiger partial charge in [0.1, 0.15) is 51.4 Å². The van der Waals surface area contributed by atoms with E-state index in [1.165, 1.54) is 22.2 Å². The summed E-state index contributed by atoms with van der Waals surface area (Å²) in [5.41, 5.74) is 18.1. The summed E-state index contributed by atoms with van der Waals surface area (Å²) >= 11 is 28.5. The van der Waals surface area contributed by atoms with Gasteiger partial charge in [0.2, 0.25) is 0 Å². The molecule has 8 aromatic heterocycles. The van der Waals surface area contributed by atoms with Gasteiger partial charge < -0.3 is 94.7 Å². The average molecular weight is 1870 g/mol. The molecule has 4 aliphatic carbocycles. The van der Waals surface area contributed by atoms with Crippen molar-refractivity contribution in [3.8, 4) is 68.0 Å². The van der Waals surface area contributed by atoms with E-state index in [-0.39, 0.29) is 56.3 Å². The number of rotatable bonds is 16. The van der Waals surface area contributed by atoms with E-state index in [0.717, 1.165) is 171 Å². The van der Waals surface area contributed by atoms with Gasteiger partial charge >= 0.3 is 7.12 Å². The third kappa shape index (κ3) is 20.0. The molecule has 8 aliphatic rings. The summed E-state index contributed by atoms with van der Waals surface area (Å²) in [5, 5.41) is 40.9. The fourth-order valence-electron chi connectivity index (χ4n) is 17.7. The van der Waals surface area contributed by atoms with Crippen LogP contribution in [0.15, 0.2) is 169 Å². The lowest BCUT2D eigenvalue weighted by Gasteiger charge is -2.35. The zero-order valence-electron chi connectivity index (χ0n) is 72.3. The van der Waals surface area contributed by atoms with E-state index in [2.05, 4.69) is 103 Å². The van der Waals surface area contributed by atoms with Crippen LogP contribution in [0.5, 0.6) is 23.0 Å². The van der Waals surface area contributed by atoms with E-state index in [1.807, 2.05) is 73.1 Å². The standard InChI is InChI=1S/C23H25ClN2O4.C23H23ClN2O4.C21H21ClN2O3.C15H12BrClN2O2.C14H23BO4/c2*1-28-21-10-17(14-27)18(12-19(21)24)20-13-26-7-4-16(11-22(26)25-20)15-2-5-23(6-3-15)29-8-9-30-23;1-27-20-8-15(12-25)17(10-18(20)22)19-11-24-7-6-14(9-21(24)23-19)13-2-4-16(26)5-3-13;1-21-14-4-9(8-20)11(6-12(14)17)13-7-19-3-2-10(16)5-15(19)18-13;1-12(2)13(3,4)19-15(18-12)11-5-7-14(8-6-11)16-9-10-17-14/h4,7,10-13,15,27H,2-3,5-6,8-9,14H2,1H3;2,4,7,10-13,27H,3,5-6,8-9,14H2,1H3;6-11,13,25H,2-5,12H2,1H3;2-7,20H,8H2,1H3;5H,6-10H2,1-4H3. The van der Waals surface area contributed by atoms with Gasteiger partial charge in [-0.05, 0) is 225 Å². The molecule has 3 spiro atoms. The van der Waals surface area contributed by atoms with Crippen LogP contribution < -0.4 is 18.9 Å². The smallest absolute Gasteiger partial charge is 0.490 e. The average Bonchev–Trinajstić information content (AvgIpc) is 1.62. The summed E-state index contributed by atoms with van der Waals surface area (Å²) in [7, 11) is 6.00. The van der Waals surface area contributed by atoms with E-state index in [1.54, 1.807) is 77.0 Å². The van der Waals surface area contributed by atoms with Crippen molar-refractivity contribution in [1.82, 2.24) is 37.5 Å². The first kappa shape index (κ1) is 91.5. The van der Waals surface area contributed by atoms with Crippen LogP contribution in [-0.4, -0.2) is 168 Å². The van der Waals surface area contributed by atoms with Crippen molar-refractivity contribution in [1.29, 1.82) is 0 Å². The van der Waals surface area contributed by atoms with Gasteiger partial charge in [0, 0.05) is 128 Å². The molecule has 20 rings (SSSR count). The second kappa shape index (κ2) is 39.1. The van der Waals surface area contributed by atoms with Gasteiger partial charge in [-0.2, -0.15) is 0 Å². The number of imidazole rings is 4. The Kier molecular flexibility index (Phi) is 28.2. The highest BCUT2D eigenvalue weighted by molar-refractivity contribution is 9.10. The van der Waals surface area contributed by atoms with Crippen LogP contribution >= 0.6 is 62.3 Å². The number of benzene rings is 4. The summed E-state index contributed by atoms with van der Waals surface area (Å²) in [4.78, 5) is 30.4. The van der Waals surface area contributed by atoms with E-state index >= 15 is 0 Å². The second-order valence-electron chi connectivity index (χ2n) is 33.9. The first-order valence-electron chi connectivity index (χ1n) is 42.9. The number of methoxy groups -OCH3 is 4. The van der Waals surface area contributed by atoms with Crippen LogP contribution in [0.25, 0.3) is 73.2 Å². The van der Waals surface area contributed by atoms with Gasteiger partial charge in [0.15, 0.2) is 17.4 Å². The lowest BCUT2D eigenvalue weighted by Crippen LogP contribution is -2.41. The molecular formula is C96H104BBrCl4N8O17. The predicted octanol–water partition coefficient (Wildman–Crippen LogP) is 19.8. The Morgan fingerprint density at radius 3 is 1.13 bits per heavy atom. The topological polar surface area (TPSA) is 278 Å². The minimum absolute atomic E-state index is 0.111. The van der Waals surface area contributed by atoms with Crippen molar-refractivity contribution in [2.24, 2.45) is 0 Å². The number of nitrogens with zero attached hydrogens (tertiary/aromatic N) is 8. The quantitative estimate of drug-likeness (QED) is 0.0654. The number of ketones is 1. The number of hydrogen-bond acceptors (Lipinski definition) is 21. The molecule has 6 fully saturated rings. The molecule has 4 aliphatic heterocycles. The first-order valence-corrected chi connectivity index (χ1v) is 45.2. The molecule has 0 unspecified atom stereocenters. The highest BCUT2D eigenvalue weighted by Gasteiger charge is 2.54. The highest BCUT2D eigenvalue weighted by atomic mass is 79.9. The largest absolute Gasteiger partial charge is 0.495 e. The zero-order valence-corrected chi connectivity index (χ0v) is 76.9. The molecule has 31 heteroatoms. The van der Waals surface area contributed by atoms with E-state index in [4.69, 9.17) is 118 Å². The normalized spacial score (nSPS) is 18.7. The first-order chi connectivity index (χ1) is 61.2. The molecule has 127 heavy (non-hydrogen) atoms. The maximum absolute atomic E-state index is 11.5. The van der Waals surface area contributed by atoms with Gasteiger partial charge in [-0.25, -0.2) is 19.9 Å². The molecule has 0 radical (unpaired) electrons. The molecule has 12 aromatic rings. The van der Waals surface area contributed by atoms with Crippen LogP contribution in [-0.2, 0) is 69.0 Å². The molecule has 25 nitrogen and oxygen atoms in total. The number of aliphatic hydroxyl groups is 4. The number of fused-ring (bicyclic) bond motifs is 4. The summed E-state index contributed by atoms with van der Waals surface area (Å²) in [6.07, 6.45) is 32.4. The molecular weight excluding hydrogens is 1770 g/mol. The fraction of sp³-hybridized carbons (Fsp3) is 0.406. The number of allylic oxidation sites excluding steroid dienone is 2. The monoisotopic (exact) mass is 1870 g/mol. The second-order valence-corrected chi connectivity index (χ2v) is 36.4. The zero-order chi connectivity index (χ0) is 89.1. The maximum Gasteiger partial charge on any atom is 0.490 e. The number of Topliss-reactive ketones (excluding diaryl/α,β-unsaturated/α-hetero) is 1. The van der Waals surface area contributed by atoms with Gasteiger partial charge in [0.25, 0.3) is 0 Å². The third-order valence-electron chi connectivity index (χ3n) is 25.7. The number of ether oxygens (including phenoxy) is 10. The maximum atomic E-state index is 11.5. The van der Waals surface area contributed by atoms with E-state index < -0.39 is 5.79 Å². The van der Waals surface area contributed by atoms with Gasteiger partial charge in [-0.1, -0.05) is 74.5 Å². The highest BCUT2D eigenvalue weighted by Crippen LogP contribution is 2.47. The third-order valence-corrected chi connectivity index (χ3v) is 27.3. The number of carbonyl (C=O) groups excluding carboxylic acids is 1. The SMILES string of the molecule is CC1(C)OB(C2=CCC3(CC2)OCCO3)OC1(C)C.COc1cc(CO)c(-c2cn3ccc(Br)cc3n2)cc1Cl.COc1cc(CO)c(-c2cn3ccc(C4=CCC5(CC4)OCCO5)cc3n2)cc1Cl.COc1cc(CO)c(-c2cn3ccc(C4CCC(=O)CC4)cc3n2)cc1Cl.COc1cc(CO)c(-c2cn3ccc(C4CCC5(CC4)OCCO5)cc3n2)cc1Cl. The fourth-order valence-corrected chi connectivity index (χ4v) is 19.0. The Labute approximate surface area is 766 Å². The van der Waals surface area contributed by atoms with Crippen molar-refractivity contribution < 1.29 is 81.9 Å². The number of hydrogen-bond donors (Lipinski definition) is 4. The van der Waals surface area contributed by atoms with E-state index in [0.29, 0.717) is 119 Å². The summed E-state index contributed by atoms with van der Waals surface area (Å²) < 4.78 is 76.7. The Bertz CT molecular complexity index is 6060. The Morgan fingerprint density at radius 1 is 0.425 bits per heavy atom. The number of aromatic nitrogens is 8. The molecule has 4 aromatic carbocycles. The van der Waals surface area contributed by atoms with Crippen molar-refractivity contribution in [2.75, 3.05) is 68.1 Å². The number of carbonyl (C=O) groups is 1. The summed E-state index contributed by atoms with van der Waals surface area (Å²) in [6.45, 7) is 12.0. The van der Waals surface area contributed by atoms with Crippen LogP contribution in [0.1, 0.15) is 168 Å². The van der Waals surface area contributed by atoms with Crippen molar-refractivity contribution in [2.45, 2.75) is 184 Å². The lowest BCUT2D eigenvalue weighted by molar-refractivity contribution is -0.178. The molecule has 0 amide bonds. The van der Waals surface area contributed by atoms with Gasteiger partial charge in [-0.15, -0.1) is 0 Å². The van der Waals surface area contributed by atoms with Gasteiger partial charge in [-0.3, -0.25) is 4.79 Å². The summed E-state index contributed by atoms with van der Waals surface area (Å²) in [6, 6.07) is 30.7. The number of aliphatic hydroxyl groups excluding tert-OH is 4. The Balaban J connectivity index is 0.000000118. The van der Waals surface area contributed by atoms with Gasteiger partial charge in [0.05, 0.1) is 149 Å². The number of halogens is 5. The Hall–Kier alpha value is -8.79.